The van der Waals surface area contributed by atoms with Crippen LogP contribution in [0.4, 0.5) is 0 Å². The van der Waals surface area contributed by atoms with Gasteiger partial charge in [-0.2, -0.15) is 0 Å². The molecule has 4 heteroatoms. The standard InChI is InChI=1S/C12H17BrClNS/c13-11-7-10(16-12(11)14)8-15-6-5-9-3-1-2-4-9/h7,9,15H,1-6,8H2. The van der Waals surface area contributed by atoms with Gasteiger partial charge in [0, 0.05) is 15.9 Å². The molecular weight excluding hydrogens is 306 g/mol. The number of rotatable bonds is 5. The third kappa shape index (κ3) is 3.73. The zero-order valence-electron chi connectivity index (χ0n) is 9.27. The summed E-state index contributed by atoms with van der Waals surface area (Å²) in [6, 6.07) is 2.11. The molecular formula is C12H17BrClNS. The highest BCUT2D eigenvalue weighted by atomic mass is 79.9. The van der Waals surface area contributed by atoms with Gasteiger partial charge in [0.1, 0.15) is 4.34 Å². The zero-order chi connectivity index (χ0) is 11.4. The summed E-state index contributed by atoms with van der Waals surface area (Å²) in [6.45, 7) is 2.08. The van der Waals surface area contributed by atoms with Crippen LogP contribution in [0.25, 0.3) is 0 Å². The van der Waals surface area contributed by atoms with Crippen molar-refractivity contribution in [1.29, 1.82) is 0 Å². The Morgan fingerprint density at radius 3 is 2.81 bits per heavy atom. The highest BCUT2D eigenvalue weighted by Gasteiger charge is 2.13. The van der Waals surface area contributed by atoms with Gasteiger partial charge in [0.05, 0.1) is 0 Å². The Morgan fingerprint density at radius 1 is 1.44 bits per heavy atom. The maximum atomic E-state index is 5.99. The van der Waals surface area contributed by atoms with Crippen molar-refractivity contribution in [3.8, 4) is 0 Å². The molecule has 16 heavy (non-hydrogen) atoms. The van der Waals surface area contributed by atoms with Crippen molar-refractivity contribution in [2.24, 2.45) is 5.92 Å². The second-order valence-electron chi connectivity index (χ2n) is 4.45. The van der Waals surface area contributed by atoms with Gasteiger partial charge in [0.2, 0.25) is 0 Å². The van der Waals surface area contributed by atoms with Gasteiger partial charge in [-0.05, 0) is 40.9 Å². The van der Waals surface area contributed by atoms with Crippen LogP contribution in [0, 0.1) is 5.92 Å². The minimum absolute atomic E-state index is 0.854. The quantitative estimate of drug-likeness (QED) is 0.765. The van der Waals surface area contributed by atoms with E-state index in [0.717, 1.165) is 27.8 Å². The van der Waals surface area contributed by atoms with Gasteiger partial charge in [-0.25, -0.2) is 0 Å². The smallest absolute Gasteiger partial charge is 0.107 e. The Bertz CT molecular complexity index is 314. The molecule has 1 heterocycles. The topological polar surface area (TPSA) is 12.0 Å². The van der Waals surface area contributed by atoms with E-state index in [1.165, 1.54) is 37.0 Å². The van der Waals surface area contributed by atoms with E-state index in [0.29, 0.717) is 0 Å². The summed E-state index contributed by atoms with van der Waals surface area (Å²) >= 11 is 11.1. The highest BCUT2D eigenvalue weighted by molar-refractivity contribution is 9.10. The summed E-state index contributed by atoms with van der Waals surface area (Å²) in [7, 11) is 0. The van der Waals surface area contributed by atoms with Crippen molar-refractivity contribution < 1.29 is 0 Å². The van der Waals surface area contributed by atoms with Gasteiger partial charge in [-0.3, -0.25) is 0 Å². The second kappa shape index (κ2) is 6.39. The summed E-state index contributed by atoms with van der Waals surface area (Å²) < 4.78 is 1.87. The fraction of sp³-hybridized carbons (Fsp3) is 0.667. The molecule has 1 aliphatic rings. The lowest BCUT2D eigenvalue weighted by Gasteiger charge is -2.08. The number of hydrogen-bond donors (Lipinski definition) is 1. The van der Waals surface area contributed by atoms with Crippen molar-refractivity contribution >= 4 is 38.9 Å². The molecule has 2 rings (SSSR count). The van der Waals surface area contributed by atoms with Gasteiger partial charge in [-0.1, -0.05) is 37.3 Å². The third-order valence-electron chi connectivity index (χ3n) is 3.20. The van der Waals surface area contributed by atoms with E-state index in [-0.39, 0.29) is 0 Å². The first-order valence-corrected chi connectivity index (χ1v) is 7.89. The largest absolute Gasteiger partial charge is 0.312 e. The first-order chi connectivity index (χ1) is 7.75. The van der Waals surface area contributed by atoms with Crippen LogP contribution in [0.3, 0.4) is 0 Å². The van der Waals surface area contributed by atoms with E-state index in [2.05, 4.69) is 27.3 Å². The van der Waals surface area contributed by atoms with Gasteiger partial charge >= 0.3 is 0 Å². The van der Waals surface area contributed by atoms with E-state index in [9.17, 15) is 0 Å². The number of hydrogen-bond acceptors (Lipinski definition) is 2. The predicted octanol–water partition coefficient (Wildman–Crippen LogP) is 4.83. The highest BCUT2D eigenvalue weighted by Crippen LogP contribution is 2.32. The molecule has 1 nitrogen and oxygen atoms in total. The Kier molecular flexibility index (Phi) is 5.14. The Morgan fingerprint density at radius 2 is 2.19 bits per heavy atom. The van der Waals surface area contributed by atoms with Crippen LogP contribution in [0.1, 0.15) is 37.0 Å². The van der Waals surface area contributed by atoms with E-state index >= 15 is 0 Å². The van der Waals surface area contributed by atoms with E-state index < -0.39 is 0 Å². The molecule has 0 spiro atoms. The molecule has 1 N–H and O–H groups in total. The van der Waals surface area contributed by atoms with Crippen LogP contribution in [0.5, 0.6) is 0 Å². The summed E-state index contributed by atoms with van der Waals surface area (Å²) in [5, 5.41) is 3.50. The molecule has 90 valence electrons. The maximum Gasteiger partial charge on any atom is 0.107 e. The van der Waals surface area contributed by atoms with Crippen molar-refractivity contribution in [1.82, 2.24) is 5.32 Å². The Balaban J connectivity index is 1.64. The number of thiophene rings is 1. The minimum Gasteiger partial charge on any atom is -0.312 e. The zero-order valence-corrected chi connectivity index (χ0v) is 12.4. The van der Waals surface area contributed by atoms with Gasteiger partial charge in [0.15, 0.2) is 0 Å². The SMILES string of the molecule is Clc1sc(CNCCC2CCCC2)cc1Br. The molecule has 1 aromatic rings. The second-order valence-corrected chi connectivity index (χ2v) is 7.04. The van der Waals surface area contributed by atoms with E-state index in [4.69, 9.17) is 11.6 Å². The van der Waals surface area contributed by atoms with Crippen LogP contribution >= 0.6 is 38.9 Å². The molecule has 0 atom stereocenters. The molecule has 0 aromatic carbocycles. The first-order valence-electron chi connectivity index (χ1n) is 5.90. The molecule has 1 fully saturated rings. The van der Waals surface area contributed by atoms with Crippen molar-refractivity contribution in [3.63, 3.8) is 0 Å². The molecule has 0 radical (unpaired) electrons. The fourth-order valence-corrected chi connectivity index (χ4v) is 4.06. The third-order valence-corrected chi connectivity index (χ3v) is 5.67. The molecule has 1 saturated carbocycles. The van der Waals surface area contributed by atoms with Crippen LogP contribution in [0.15, 0.2) is 10.5 Å². The van der Waals surface area contributed by atoms with Crippen molar-refractivity contribution in [2.45, 2.75) is 38.6 Å². The maximum absolute atomic E-state index is 5.99. The molecule has 1 aromatic heterocycles. The van der Waals surface area contributed by atoms with Crippen LogP contribution in [-0.2, 0) is 6.54 Å². The molecule has 0 unspecified atom stereocenters. The average Bonchev–Trinajstić information content (AvgIpc) is 2.85. The summed E-state index contributed by atoms with van der Waals surface area (Å²) in [5.41, 5.74) is 0. The molecule has 1 aliphatic carbocycles. The number of nitrogens with one attached hydrogen (secondary N) is 1. The normalized spacial score (nSPS) is 17.1. The predicted molar refractivity (Wildman–Crippen MR) is 75.3 cm³/mol. The van der Waals surface area contributed by atoms with Crippen molar-refractivity contribution in [3.05, 3.63) is 19.8 Å². The van der Waals surface area contributed by atoms with Gasteiger partial charge in [0.25, 0.3) is 0 Å². The Hall–Kier alpha value is 0.430. The lowest BCUT2D eigenvalue weighted by molar-refractivity contribution is 0.478. The monoisotopic (exact) mass is 321 g/mol. The first kappa shape index (κ1) is 12.9. The van der Waals surface area contributed by atoms with Crippen molar-refractivity contribution in [2.75, 3.05) is 6.54 Å². The van der Waals surface area contributed by atoms with Crippen LogP contribution < -0.4 is 5.32 Å². The molecule has 0 amide bonds. The summed E-state index contributed by atoms with van der Waals surface area (Å²) in [6.07, 6.45) is 7.10. The van der Waals surface area contributed by atoms with Gasteiger partial charge in [-0.15, -0.1) is 11.3 Å². The lowest BCUT2D eigenvalue weighted by atomic mass is 10.0. The fourth-order valence-electron chi connectivity index (χ4n) is 2.30. The van der Waals surface area contributed by atoms with E-state index in [1.54, 1.807) is 11.3 Å². The average molecular weight is 323 g/mol. The number of halogens is 2. The lowest BCUT2D eigenvalue weighted by Crippen LogP contribution is -2.16. The van der Waals surface area contributed by atoms with Crippen LogP contribution in [-0.4, -0.2) is 6.54 Å². The molecule has 0 bridgehead atoms. The molecule has 0 saturated heterocycles. The van der Waals surface area contributed by atoms with Gasteiger partial charge < -0.3 is 5.32 Å². The summed E-state index contributed by atoms with van der Waals surface area (Å²) in [5.74, 6) is 0.978. The minimum atomic E-state index is 0.854. The van der Waals surface area contributed by atoms with Crippen LogP contribution in [0.2, 0.25) is 4.34 Å². The summed E-state index contributed by atoms with van der Waals surface area (Å²) in [4.78, 5) is 1.31. The molecule has 0 aliphatic heterocycles. The van der Waals surface area contributed by atoms with E-state index in [1.807, 2.05) is 0 Å². The Labute approximate surface area is 115 Å².